The smallest absolute Gasteiger partial charge is 0.187 e. The van der Waals surface area contributed by atoms with Crippen molar-refractivity contribution in [2.24, 2.45) is 7.05 Å². The molecule has 2 rings (SSSR count). The van der Waals surface area contributed by atoms with Gasteiger partial charge in [0.25, 0.3) is 0 Å². The summed E-state index contributed by atoms with van der Waals surface area (Å²) >= 11 is 0. The predicted octanol–water partition coefficient (Wildman–Crippen LogP) is 3.85. The summed E-state index contributed by atoms with van der Waals surface area (Å²) in [6, 6.07) is 5.88. The third kappa shape index (κ3) is 1.50. The highest BCUT2D eigenvalue weighted by Gasteiger charge is 2.09. The van der Waals surface area contributed by atoms with Crippen molar-refractivity contribution in [2.75, 3.05) is 0 Å². The topological polar surface area (TPSA) is 9.29 Å². The van der Waals surface area contributed by atoms with Crippen molar-refractivity contribution in [1.82, 2.24) is 4.57 Å². The average molecular weight is 198 g/mol. The van der Waals surface area contributed by atoms with Gasteiger partial charge in [-0.1, -0.05) is 19.9 Å². The molecule has 0 fully saturated rings. The van der Waals surface area contributed by atoms with E-state index in [1.165, 1.54) is 16.5 Å². The first-order valence-electron chi connectivity index (χ1n) is 5.10. The number of benzene rings is 1. The van der Waals surface area contributed by atoms with E-state index < -0.39 is 0 Å². The third-order valence-corrected chi connectivity index (χ3v) is 2.75. The molecule has 1 heterocycles. The molecule has 0 amide bonds. The molecule has 1 aromatic heterocycles. The minimum Gasteiger partial charge on any atom is -0.350 e. The van der Waals surface area contributed by atoms with Crippen molar-refractivity contribution in [3.8, 4) is 0 Å². The van der Waals surface area contributed by atoms with E-state index in [9.17, 15) is 0 Å². The van der Waals surface area contributed by atoms with Crippen molar-refractivity contribution in [3.05, 3.63) is 41.4 Å². The van der Waals surface area contributed by atoms with Crippen LogP contribution in [0.25, 0.3) is 15.7 Å². The lowest BCUT2D eigenvalue weighted by Crippen LogP contribution is -1.84. The fourth-order valence-corrected chi connectivity index (χ4v) is 1.94. The molecule has 2 nitrogen and oxygen atoms in total. The highest BCUT2D eigenvalue weighted by molar-refractivity contribution is 5.87. The Morgan fingerprint density at radius 2 is 2.07 bits per heavy atom. The molecule has 76 valence electrons. The van der Waals surface area contributed by atoms with Gasteiger partial charge in [0.05, 0.1) is 6.57 Å². The van der Waals surface area contributed by atoms with Gasteiger partial charge in [-0.2, -0.15) is 0 Å². The second-order valence-corrected chi connectivity index (χ2v) is 4.16. The van der Waals surface area contributed by atoms with Crippen LogP contribution in [0.5, 0.6) is 0 Å². The molecule has 0 unspecified atom stereocenters. The Kier molecular flexibility index (Phi) is 2.24. The maximum Gasteiger partial charge on any atom is 0.187 e. The summed E-state index contributed by atoms with van der Waals surface area (Å²) in [4.78, 5) is 3.47. The van der Waals surface area contributed by atoms with Crippen LogP contribution in [-0.2, 0) is 7.05 Å². The van der Waals surface area contributed by atoms with E-state index in [2.05, 4.69) is 29.5 Å². The predicted molar refractivity (Wildman–Crippen MR) is 63.3 cm³/mol. The number of hydrogen-bond donors (Lipinski definition) is 0. The van der Waals surface area contributed by atoms with Gasteiger partial charge >= 0.3 is 0 Å². The second-order valence-electron chi connectivity index (χ2n) is 4.16. The Balaban J connectivity index is 2.79. The molecule has 2 heteroatoms. The van der Waals surface area contributed by atoms with Crippen molar-refractivity contribution < 1.29 is 0 Å². The normalized spacial score (nSPS) is 10.9. The van der Waals surface area contributed by atoms with Gasteiger partial charge in [0, 0.05) is 18.8 Å². The van der Waals surface area contributed by atoms with E-state index in [0.29, 0.717) is 5.92 Å². The number of aryl methyl sites for hydroxylation is 1. The fraction of sp³-hybridized carbons (Fsp3) is 0.308. The zero-order valence-corrected chi connectivity index (χ0v) is 9.28. The summed E-state index contributed by atoms with van der Waals surface area (Å²) in [5.41, 5.74) is 3.24. The quantitative estimate of drug-likeness (QED) is 0.616. The molecule has 0 bridgehead atoms. The molecule has 1 aromatic carbocycles. The second kappa shape index (κ2) is 3.43. The van der Waals surface area contributed by atoms with E-state index >= 15 is 0 Å². The molecule has 15 heavy (non-hydrogen) atoms. The van der Waals surface area contributed by atoms with Crippen molar-refractivity contribution >= 4 is 16.6 Å². The summed E-state index contributed by atoms with van der Waals surface area (Å²) in [6.45, 7) is 11.4. The Bertz CT molecular complexity index is 541. The third-order valence-electron chi connectivity index (χ3n) is 2.75. The van der Waals surface area contributed by atoms with Crippen LogP contribution in [0.2, 0.25) is 0 Å². The molecule has 0 N–H and O–H groups in total. The molecule has 0 saturated heterocycles. The summed E-state index contributed by atoms with van der Waals surface area (Å²) in [6.07, 6.45) is 2.16. The molecule has 0 saturated carbocycles. The lowest BCUT2D eigenvalue weighted by Gasteiger charge is -2.01. The van der Waals surface area contributed by atoms with Crippen LogP contribution in [0.15, 0.2) is 24.4 Å². The first kappa shape index (κ1) is 9.79. The number of hydrogen-bond acceptors (Lipinski definition) is 0. The van der Waals surface area contributed by atoms with E-state index in [0.717, 1.165) is 5.69 Å². The number of nitrogens with zero attached hydrogens (tertiary/aromatic N) is 2. The first-order chi connectivity index (χ1) is 7.13. The van der Waals surface area contributed by atoms with Crippen LogP contribution in [0.3, 0.4) is 0 Å². The molecule has 0 atom stereocenters. The van der Waals surface area contributed by atoms with Gasteiger partial charge in [0.15, 0.2) is 5.69 Å². The highest BCUT2D eigenvalue weighted by Crippen LogP contribution is 2.29. The van der Waals surface area contributed by atoms with E-state index in [1.54, 1.807) is 0 Å². The van der Waals surface area contributed by atoms with Gasteiger partial charge < -0.3 is 4.57 Å². The van der Waals surface area contributed by atoms with Crippen LogP contribution in [0.4, 0.5) is 5.69 Å². The van der Waals surface area contributed by atoms with Crippen LogP contribution in [0.1, 0.15) is 25.3 Å². The van der Waals surface area contributed by atoms with Crippen LogP contribution >= 0.6 is 0 Å². The van der Waals surface area contributed by atoms with Gasteiger partial charge in [0.1, 0.15) is 0 Å². The maximum atomic E-state index is 7.02. The van der Waals surface area contributed by atoms with Gasteiger partial charge in [-0.15, -0.1) is 0 Å². The summed E-state index contributed by atoms with van der Waals surface area (Å²) < 4.78 is 2.12. The highest BCUT2D eigenvalue weighted by atomic mass is 14.9. The summed E-state index contributed by atoms with van der Waals surface area (Å²) in [5, 5.41) is 1.21. The van der Waals surface area contributed by atoms with E-state index in [4.69, 9.17) is 6.57 Å². The van der Waals surface area contributed by atoms with Crippen molar-refractivity contribution in [1.29, 1.82) is 0 Å². The minimum atomic E-state index is 0.495. The Hall–Kier alpha value is -1.75. The van der Waals surface area contributed by atoms with Gasteiger partial charge in [0.2, 0.25) is 0 Å². The molecule has 0 aliphatic rings. The number of fused-ring (bicyclic) bond motifs is 1. The van der Waals surface area contributed by atoms with Gasteiger partial charge in [-0.25, -0.2) is 4.85 Å². The van der Waals surface area contributed by atoms with Crippen LogP contribution < -0.4 is 0 Å². The lowest BCUT2D eigenvalue weighted by molar-refractivity contribution is 0.857. The van der Waals surface area contributed by atoms with Crippen molar-refractivity contribution in [2.45, 2.75) is 19.8 Å². The monoisotopic (exact) mass is 198 g/mol. The molecular formula is C13H14N2. The Morgan fingerprint density at radius 1 is 1.33 bits per heavy atom. The molecule has 0 radical (unpaired) electrons. The van der Waals surface area contributed by atoms with E-state index in [1.807, 2.05) is 25.2 Å². The largest absolute Gasteiger partial charge is 0.350 e. The van der Waals surface area contributed by atoms with Gasteiger partial charge in [-0.3, -0.25) is 0 Å². The number of aromatic nitrogens is 1. The first-order valence-corrected chi connectivity index (χ1v) is 5.10. The molecular weight excluding hydrogens is 184 g/mol. The van der Waals surface area contributed by atoms with Crippen LogP contribution in [-0.4, -0.2) is 4.57 Å². The molecule has 0 aliphatic heterocycles. The average Bonchev–Trinajstić information content (AvgIpc) is 2.56. The summed E-state index contributed by atoms with van der Waals surface area (Å²) in [5.74, 6) is 0.495. The molecule has 0 spiro atoms. The van der Waals surface area contributed by atoms with Crippen molar-refractivity contribution in [3.63, 3.8) is 0 Å². The molecule has 2 aromatic rings. The SMILES string of the molecule is [C-]#[N+]c1ccc2c(c1)c(C(C)C)cn2C. The minimum absolute atomic E-state index is 0.495. The Labute approximate surface area is 90.0 Å². The summed E-state index contributed by atoms with van der Waals surface area (Å²) in [7, 11) is 2.05. The Morgan fingerprint density at radius 3 is 2.67 bits per heavy atom. The zero-order valence-electron chi connectivity index (χ0n) is 9.28. The fourth-order valence-electron chi connectivity index (χ4n) is 1.94. The van der Waals surface area contributed by atoms with Crippen LogP contribution in [0, 0.1) is 6.57 Å². The van der Waals surface area contributed by atoms with Gasteiger partial charge in [-0.05, 0) is 29.0 Å². The lowest BCUT2D eigenvalue weighted by atomic mass is 10.0. The number of rotatable bonds is 1. The zero-order chi connectivity index (χ0) is 11.0. The molecule has 0 aliphatic carbocycles. The maximum absolute atomic E-state index is 7.02. The standard InChI is InChI=1S/C13H14N2/c1-9(2)12-8-15(4)13-6-5-10(14-3)7-11(12)13/h5-9H,1-2,4H3. The van der Waals surface area contributed by atoms with E-state index in [-0.39, 0.29) is 0 Å².